The van der Waals surface area contributed by atoms with Crippen molar-refractivity contribution in [3.8, 4) is 5.88 Å². The van der Waals surface area contributed by atoms with Crippen molar-refractivity contribution in [2.45, 2.75) is 37.9 Å². The third kappa shape index (κ3) is 12.5. The van der Waals surface area contributed by atoms with Crippen molar-refractivity contribution in [1.29, 1.82) is 0 Å². The van der Waals surface area contributed by atoms with Crippen molar-refractivity contribution in [3.63, 3.8) is 0 Å². The molecule has 4 aromatic rings. The van der Waals surface area contributed by atoms with Gasteiger partial charge in [0.1, 0.15) is 11.3 Å². The van der Waals surface area contributed by atoms with Gasteiger partial charge in [-0.25, -0.2) is 9.97 Å². The molecule has 2 aliphatic heterocycles. The average molecular weight is 832 g/mol. The predicted octanol–water partition coefficient (Wildman–Crippen LogP) is 5.56. The Hall–Kier alpha value is -1.04. The molecule has 0 aliphatic carbocycles. The fraction of sp³-hybridized carbons (Fsp3) is 0.286. The summed E-state index contributed by atoms with van der Waals surface area (Å²) in [5.74, 6) is 0.752. The van der Waals surface area contributed by atoms with Gasteiger partial charge < -0.3 is 20.5 Å². The van der Waals surface area contributed by atoms with E-state index in [1.54, 1.807) is 6.07 Å². The normalized spacial score (nSPS) is 17.3. The smallest absolute Gasteiger partial charge is 0.220 e. The Labute approximate surface area is 301 Å². The number of rotatable bonds is 2. The summed E-state index contributed by atoms with van der Waals surface area (Å²) in [5, 5.41) is 16.8. The SMILES string of the molecule is Clc1ccc2cc(Br)ccc2n1.O=C1CC[C@H](O)CN1.O=C1CC[C@H](Oc2ccc3cc(Br)ccc3n2)CN1.[V].[V].[V]. The number of hydrogen-bond acceptors (Lipinski definition) is 6. The minimum Gasteiger partial charge on any atom is -0.472 e. The molecule has 14 heteroatoms. The van der Waals surface area contributed by atoms with Crippen LogP contribution in [0.4, 0.5) is 0 Å². The van der Waals surface area contributed by atoms with Gasteiger partial charge in [-0.15, -0.1) is 0 Å². The zero-order chi connectivity index (χ0) is 27.8. The summed E-state index contributed by atoms with van der Waals surface area (Å²) in [5.41, 5.74) is 1.83. The van der Waals surface area contributed by atoms with Gasteiger partial charge >= 0.3 is 0 Å². The molecule has 2 aromatic heterocycles. The molecule has 2 aromatic carbocycles. The van der Waals surface area contributed by atoms with Gasteiger partial charge in [0.05, 0.1) is 23.7 Å². The monoisotopic (exact) mass is 829 g/mol. The number of ether oxygens (including phenoxy) is 1. The molecule has 6 rings (SSSR count). The first-order chi connectivity index (χ1) is 18.7. The Morgan fingerprint density at radius 2 is 1.31 bits per heavy atom. The van der Waals surface area contributed by atoms with Crippen molar-refractivity contribution in [1.82, 2.24) is 20.6 Å². The number of aliphatic hydroxyl groups is 1. The number of carbonyl (C=O) groups excluding carboxylic acids is 2. The molecule has 4 heterocycles. The van der Waals surface area contributed by atoms with Crippen LogP contribution in [0.5, 0.6) is 5.88 Å². The van der Waals surface area contributed by atoms with Gasteiger partial charge in [-0.3, -0.25) is 9.59 Å². The van der Waals surface area contributed by atoms with Gasteiger partial charge in [-0.05, 0) is 67.4 Å². The standard InChI is InChI=1S/C14H13BrN2O2.C9H5BrClN.C5H9NO2.3V/c15-10-2-4-12-9(7-10)1-6-14(17-12)19-11-3-5-13(18)16-8-11;10-7-2-3-8-6(5-7)1-4-9(11)12-8;7-4-1-2-5(8)6-3-4;;;/h1-2,4,6-7,11H,3,5,8H2,(H,16,18);1-5H;4,7H,1-3H2,(H,6,8);;;/t11-;;4-;;;/m0.0.../s1. The van der Waals surface area contributed by atoms with E-state index in [2.05, 4.69) is 52.5 Å². The zero-order valence-electron chi connectivity index (χ0n) is 22.2. The topological polar surface area (TPSA) is 113 Å². The quantitative estimate of drug-likeness (QED) is 0.229. The van der Waals surface area contributed by atoms with E-state index < -0.39 is 0 Å². The predicted molar refractivity (Wildman–Crippen MR) is 159 cm³/mol. The average Bonchev–Trinajstić information content (AvgIpc) is 2.93. The summed E-state index contributed by atoms with van der Waals surface area (Å²) in [4.78, 5) is 30.1. The van der Waals surface area contributed by atoms with Gasteiger partial charge in [-0.1, -0.05) is 43.5 Å². The van der Waals surface area contributed by atoms with Crippen LogP contribution in [0.3, 0.4) is 0 Å². The number of aliphatic hydroxyl groups excluding tert-OH is 1. The Bertz CT molecular complexity index is 1430. The molecule has 42 heavy (non-hydrogen) atoms. The van der Waals surface area contributed by atoms with Crippen LogP contribution in [0.25, 0.3) is 21.8 Å². The number of carbonyl (C=O) groups is 2. The maximum atomic E-state index is 11.1. The second-order valence-electron chi connectivity index (χ2n) is 9.04. The number of amides is 2. The number of pyridine rings is 2. The largest absolute Gasteiger partial charge is 0.472 e. The first-order valence-corrected chi connectivity index (χ1v) is 14.4. The van der Waals surface area contributed by atoms with E-state index in [1.165, 1.54) is 0 Å². The van der Waals surface area contributed by atoms with Crippen LogP contribution in [0, 0.1) is 0 Å². The summed E-state index contributed by atoms with van der Waals surface area (Å²) in [6, 6.07) is 19.4. The summed E-state index contributed by atoms with van der Waals surface area (Å²) in [6.07, 6.45) is 2.05. The Kier molecular flexibility index (Phi) is 18.0. The van der Waals surface area contributed by atoms with E-state index in [4.69, 9.17) is 21.4 Å². The molecule has 2 fully saturated rings. The van der Waals surface area contributed by atoms with Crippen molar-refractivity contribution < 1.29 is 75.1 Å². The van der Waals surface area contributed by atoms with E-state index in [1.807, 2.05) is 54.6 Å². The third-order valence-corrected chi connectivity index (χ3v) is 7.19. The van der Waals surface area contributed by atoms with E-state index in [-0.39, 0.29) is 79.7 Å². The molecule has 219 valence electrons. The van der Waals surface area contributed by atoms with E-state index >= 15 is 0 Å². The number of β-amino-alcohol motifs (C(OH)–C–C–N with tert-alkyl or cyclic N) is 1. The van der Waals surface area contributed by atoms with Crippen molar-refractivity contribution in [3.05, 3.63) is 74.8 Å². The van der Waals surface area contributed by atoms with Crippen LogP contribution in [0.2, 0.25) is 5.15 Å². The number of hydrogen-bond donors (Lipinski definition) is 3. The van der Waals surface area contributed by atoms with Crippen molar-refractivity contribution >= 4 is 77.1 Å². The fourth-order valence-corrected chi connectivity index (χ4v) is 4.83. The molecule has 8 nitrogen and oxygen atoms in total. The second-order valence-corrected chi connectivity index (χ2v) is 11.3. The number of halogens is 3. The summed E-state index contributed by atoms with van der Waals surface area (Å²) < 4.78 is 7.89. The van der Waals surface area contributed by atoms with Gasteiger partial charge in [-0.2, -0.15) is 0 Å². The Morgan fingerprint density at radius 3 is 1.83 bits per heavy atom. The van der Waals surface area contributed by atoms with E-state index in [9.17, 15) is 9.59 Å². The fourth-order valence-electron chi connectivity index (χ4n) is 3.92. The van der Waals surface area contributed by atoms with Crippen LogP contribution in [0.15, 0.2) is 69.6 Å². The summed E-state index contributed by atoms with van der Waals surface area (Å²) in [6.45, 7) is 0.984. The van der Waals surface area contributed by atoms with Crippen molar-refractivity contribution in [2.75, 3.05) is 13.1 Å². The van der Waals surface area contributed by atoms with Crippen LogP contribution in [-0.2, 0) is 65.3 Å². The number of piperidine rings is 2. The van der Waals surface area contributed by atoms with Crippen molar-refractivity contribution in [2.24, 2.45) is 0 Å². The zero-order valence-corrected chi connectivity index (χ0v) is 30.3. The molecule has 0 saturated carbocycles. The Morgan fingerprint density at radius 1 is 0.762 bits per heavy atom. The number of fused-ring (bicyclic) bond motifs is 2. The van der Waals surface area contributed by atoms with Crippen LogP contribution < -0.4 is 15.4 Å². The van der Waals surface area contributed by atoms with E-state index in [0.717, 1.165) is 37.2 Å². The minimum atomic E-state index is -0.312. The number of aromatic nitrogens is 2. The molecule has 3 N–H and O–H groups in total. The molecule has 2 saturated heterocycles. The van der Waals surface area contributed by atoms with Gasteiger partial charge in [0.2, 0.25) is 17.7 Å². The van der Waals surface area contributed by atoms with Crippen LogP contribution >= 0.6 is 43.5 Å². The van der Waals surface area contributed by atoms with Gasteiger partial charge in [0.25, 0.3) is 0 Å². The third-order valence-electron chi connectivity index (χ3n) is 5.99. The van der Waals surface area contributed by atoms with E-state index in [0.29, 0.717) is 43.4 Å². The Balaban J connectivity index is 0.000000332. The molecule has 0 unspecified atom stereocenters. The maximum absolute atomic E-state index is 11.1. The van der Waals surface area contributed by atoms with Crippen LogP contribution in [0.1, 0.15) is 25.7 Å². The van der Waals surface area contributed by atoms with Gasteiger partial charge in [0.15, 0.2) is 0 Å². The second kappa shape index (κ2) is 19.4. The number of nitrogens with zero attached hydrogens (tertiary/aromatic N) is 2. The molecule has 2 aliphatic rings. The molecule has 3 radical (unpaired) electrons. The molecule has 0 bridgehead atoms. The number of nitrogens with one attached hydrogen (secondary N) is 2. The minimum absolute atomic E-state index is 0. The van der Waals surface area contributed by atoms with Gasteiger partial charge in [0, 0.05) is 101 Å². The first kappa shape index (κ1) is 39.0. The molecular formula is C28H27Br2ClN4O4V3. The molecule has 2 atom stereocenters. The molecule has 2 amide bonds. The molecule has 0 spiro atoms. The number of benzene rings is 2. The summed E-state index contributed by atoms with van der Waals surface area (Å²) in [7, 11) is 0. The maximum Gasteiger partial charge on any atom is 0.220 e. The molecular weight excluding hydrogens is 804 g/mol. The first-order valence-electron chi connectivity index (χ1n) is 12.4. The summed E-state index contributed by atoms with van der Waals surface area (Å²) >= 11 is 12.6. The van der Waals surface area contributed by atoms with Crippen LogP contribution in [-0.4, -0.2) is 52.2 Å².